The molecule has 0 unspecified atom stereocenters. The normalized spacial score (nSPS) is 13.7. The molecular weight excluding hydrogens is 327 g/mol. The summed E-state index contributed by atoms with van der Waals surface area (Å²) in [5.41, 5.74) is -0.0861. The van der Waals surface area contributed by atoms with Gasteiger partial charge >= 0.3 is 6.18 Å². The van der Waals surface area contributed by atoms with Crippen LogP contribution in [-0.2, 0) is 16.2 Å². The predicted molar refractivity (Wildman–Crippen MR) is 81.2 cm³/mol. The lowest BCUT2D eigenvalue weighted by Crippen LogP contribution is -2.28. The maximum absolute atomic E-state index is 12.5. The van der Waals surface area contributed by atoms with Crippen LogP contribution in [0.5, 0.6) is 0 Å². The number of hydrogen-bond acceptors (Lipinski definition) is 2. The van der Waals surface area contributed by atoms with Crippen molar-refractivity contribution >= 4 is 10.0 Å². The maximum atomic E-state index is 12.5. The predicted octanol–water partition coefficient (Wildman–Crippen LogP) is 4.14. The average molecular weight is 343 g/mol. The van der Waals surface area contributed by atoms with Gasteiger partial charge in [0.2, 0.25) is 10.0 Å². The van der Waals surface area contributed by atoms with E-state index in [4.69, 9.17) is 0 Å². The molecule has 1 atom stereocenters. The Kier molecular flexibility index (Phi) is 5.11. The Balaban J connectivity index is 2.24. The van der Waals surface area contributed by atoms with Crippen molar-refractivity contribution in [3.8, 4) is 0 Å². The zero-order chi connectivity index (χ0) is 17.1. The van der Waals surface area contributed by atoms with Crippen molar-refractivity contribution in [3.63, 3.8) is 0 Å². The molecule has 23 heavy (non-hydrogen) atoms. The number of halogens is 3. The van der Waals surface area contributed by atoms with Crippen molar-refractivity contribution in [2.75, 3.05) is 0 Å². The fraction of sp³-hybridized carbons (Fsp3) is 0.250. The quantitative estimate of drug-likeness (QED) is 0.887. The molecule has 1 N–H and O–H groups in total. The van der Waals surface area contributed by atoms with Gasteiger partial charge in [0.1, 0.15) is 0 Å². The number of benzene rings is 2. The lowest BCUT2D eigenvalue weighted by Gasteiger charge is -2.18. The molecule has 2 aromatic carbocycles. The summed E-state index contributed by atoms with van der Waals surface area (Å²) in [6.45, 7) is 1.83. The molecule has 0 aromatic heterocycles. The average Bonchev–Trinajstić information content (AvgIpc) is 2.53. The lowest BCUT2D eigenvalue weighted by molar-refractivity contribution is -0.137. The van der Waals surface area contributed by atoms with Crippen LogP contribution in [0.15, 0.2) is 59.5 Å². The number of hydrogen-bond donors (Lipinski definition) is 1. The Bertz CT molecular complexity index is 741. The smallest absolute Gasteiger partial charge is 0.207 e. The van der Waals surface area contributed by atoms with Crippen molar-refractivity contribution in [1.29, 1.82) is 0 Å². The molecule has 0 amide bonds. The first-order chi connectivity index (χ1) is 10.7. The second kappa shape index (κ2) is 6.72. The first-order valence-electron chi connectivity index (χ1n) is 6.98. The molecule has 0 spiro atoms. The van der Waals surface area contributed by atoms with Crippen LogP contribution in [0.3, 0.4) is 0 Å². The molecule has 124 valence electrons. The summed E-state index contributed by atoms with van der Waals surface area (Å²) in [6.07, 6.45) is -3.98. The molecule has 0 saturated carbocycles. The third-order valence-corrected chi connectivity index (χ3v) is 4.89. The minimum atomic E-state index is -4.49. The highest BCUT2D eigenvalue weighted by atomic mass is 32.2. The number of nitrogens with one attached hydrogen (secondary N) is 1. The van der Waals surface area contributed by atoms with Gasteiger partial charge in [0.05, 0.1) is 10.5 Å². The monoisotopic (exact) mass is 343 g/mol. The van der Waals surface area contributed by atoms with Crippen LogP contribution in [0.25, 0.3) is 0 Å². The minimum Gasteiger partial charge on any atom is -0.207 e. The molecule has 0 saturated heterocycles. The molecule has 7 heteroatoms. The molecule has 0 aliphatic rings. The van der Waals surface area contributed by atoms with Gasteiger partial charge in [-0.25, -0.2) is 13.1 Å². The summed E-state index contributed by atoms with van der Waals surface area (Å²) in [7, 11) is -3.90. The Morgan fingerprint density at radius 2 is 1.57 bits per heavy atom. The zero-order valence-corrected chi connectivity index (χ0v) is 13.2. The molecule has 0 fully saturated rings. The molecule has 0 radical (unpaired) electrons. The van der Waals surface area contributed by atoms with E-state index in [1.54, 1.807) is 24.3 Å². The number of rotatable bonds is 5. The summed E-state index contributed by atoms with van der Waals surface area (Å²) >= 11 is 0. The molecule has 0 heterocycles. The van der Waals surface area contributed by atoms with Gasteiger partial charge in [-0.05, 0) is 36.2 Å². The van der Waals surface area contributed by atoms with Crippen LogP contribution in [0.4, 0.5) is 13.2 Å². The van der Waals surface area contributed by atoms with Crippen LogP contribution in [0, 0.1) is 0 Å². The largest absolute Gasteiger partial charge is 0.416 e. The standard InChI is InChI=1S/C16H16F3NO2S/c1-2-15(12-6-4-3-5-7-12)20-23(21,22)14-10-8-13(9-11-14)16(17,18)19/h3-11,15,20H,2H2,1H3/t15-/m0/s1. The lowest BCUT2D eigenvalue weighted by atomic mass is 10.1. The number of sulfonamides is 1. The van der Waals surface area contributed by atoms with Gasteiger partial charge in [-0.1, -0.05) is 37.3 Å². The second-order valence-corrected chi connectivity index (χ2v) is 6.73. The van der Waals surface area contributed by atoms with E-state index in [1.807, 2.05) is 13.0 Å². The molecule has 3 nitrogen and oxygen atoms in total. The van der Waals surface area contributed by atoms with E-state index < -0.39 is 27.8 Å². The van der Waals surface area contributed by atoms with Crippen LogP contribution < -0.4 is 4.72 Å². The third-order valence-electron chi connectivity index (χ3n) is 3.40. The Morgan fingerprint density at radius 1 is 1.00 bits per heavy atom. The molecule has 2 rings (SSSR count). The molecule has 0 aliphatic heterocycles. The minimum absolute atomic E-state index is 0.195. The number of alkyl halides is 3. The van der Waals surface area contributed by atoms with E-state index in [1.165, 1.54) is 0 Å². The third kappa shape index (κ3) is 4.33. The van der Waals surface area contributed by atoms with Crippen molar-refractivity contribution in [2.24, 2.45) is 0 Å². The van der Waals surface area contributed by atoms with Gasteiger partial charge in [-0.3, -0.25) is 0 Å². The van der Waals surface area contributed by atoms with E-state index in [-0.39, 0.29) is 4.90 Å². The summed E-state index contributed by atoms with van der Waals surface area (Å²) in [4.78, 5) is -0.195. The van der Waals surface area contributed by atoms with Crippen LogP contribution in [-0.4, -0.2) is 8.42 Å². The van der Waals surface area contributed by atoms with Crippen molar-refractivity contribution in [1.82, 2.24) is 4.72 Å². The van der Waals surface area contributed by atoms with E-state index in [0.29, 0.717) is 6.42 Å². The fourth-order valence-corrected chi connectivity index (χ4v) is 3.46. The highest BCUT2D eigenvalue weighted by Crippen LogP contribution is 2.30. The maximum Gasteiger partial charge on any atom is 0.416 e. The molecule has 0 aliphatic carbocycles. The second-order valence-electron chi connectivity index (χ2n) is 5.01. The van der Waals surface area contributed by atoms with E-state index in [2.05, 4.69) is 4.72 Å². The van der Waals surface area contributed by atoms with E-state index in [0.717, 1.165) is 29.8 Å². The van der Waals surface area contributed by atoms with Crippen molar-refractivity contribution in [2.45, 2.75) is 30.5 Å². The van der Waals surface area contributed by atoms with Crippen molar-refractivity contribution < 1.29 is 21.6 Å². The van der Waals surface area contributed by atoms with E-state index >= 15 is 0 Å². The summed E-state index contributed by atoms with van der Waals surface area (Å²) in [5.74, 6) is 0. The summed E-state index contributed by atoms with van der Waals surface area (Å²) in [5, 5.41) is 0. The fourth-order valence-electron chi connectivity index (χ4n) is 2.15. The van der Waals surface area contributed by atoms with Crippen LogP contribution in [0.1, 0.15) is 30.5 Å². The van der Waals surface area contributed by atoms with Gasteiger partial charge in [0.15, 0.2) is 0 Å². The van der Waals surface area contributed by atoms with Gasteiger partial charge in [-0.15, -0.1) is 0 Å². The topological polar surface area (TPSA) is 46.2 Å². The van der Waals surface area contributed by atoms with Gasteiger partial charge in [0, 0.05) is 6.04 Å². The van der Waals surface area contributed by atoms with Crippen molar-refractivity contribution in [3.05, 3.63) is 65.7 Å². The first kappa shape index (κ1) is 17.5. The van der Waals surface area contributed by atoms with Gasteiger partial charge < -0.3 is 0 Å². The Labute approximate surface area is 133 Å². The Hall–Kier alpha value is -1.86. The summed E-state index contributed by atoms with van der Waals surface area (Å²) < 4.78 is 64.8. The summed E-state index contributed by atoms with van der Waals surface area (Å²) in [6, 6.07) is 12.0. The van der Waals surface area contributed by atoms with Gasteiger partial charge in [0.25, 0.3) is 0 Å². The Morgan fingerprint density at radius 3 is 2.04 bits per heavy atom. The van der Waals surface area contributed by atoms with Gasteiger partial charge in [-0.2, -0.15) is 13.2 Å². The van der Waals surface area contributed by atoms with E-state index in [9.17, 15) is 21.6 Å². The highest BCUT2D eigenvalue weighted by Gasteiger charge is 2.30. The van der Waals surface area contributed by atoms with Crippen LogP contribution >= 0.6 is 0 Å². The molecule has 0 bridgehead atoms. The SMILES string of the molecule is CC[C@H](NS(=O)(=O)c1ccc(C(F)(F)F)cc1)c1ccccc1. The van der Waals surface area contributed by atoms with Crippen LogP contribution in [0.2, 0.25) is 0 Å². The highest BCUT2D eigenvalue weighted by molar-refractivity contribution is 7.89. The molecular formula is C16H16F3NO2S. The first-order valence-corrected chi connectivity index (χ1v) is 8.47. The zero-order valence-electron chi connectivity index (χ0n) is 12.3. The molecule has 2 aromatic rings.